The molecule has 2 aromatic carbocycles. The van der Waals surface area contributed by atoms with E-state index in [1.54, 1.807) is 30.3 Å². The second-order valence-electron chi connectivity index (χ2n) is 7.07. The van der Waals surface area contributed by atoms with Crippen molar-refractivity contribution < 1.29 is 18.7 Å². The molecular weight excluding hydrogens is 407 g/mol. The predicted molar refractivity (Wildman–Crippen MR) is 116 cm³/mol. The van der Waals surface area contributed by atoms with E-state index in [0.717, 1.165) is 6.42 Å². The highest BCUT2D eigenvalue weighted by atomic mass is 35.5. The van der Waals surface area contributed by atoms with Crippen LogP contribution in [0.25, 0.3) is 0 Å². The molecule has 162 valence electrons. The summed E-state index contributed by atoms with van der Waals surface area (Å²) in [5.74, 6) is -1.23. The van der Waals surface area contributed by atoms with Crippen LogP contribution >= 0.6 is 11.6 Å². The number of hydrogen-bond donors (Lipinski definition) is 1. The molecule has 30 heavy (non-hydrogen) atoms. The zero-order valence-electron chi connectivity index (χ0n) is 17.5. The van der Waals surface area contributed by atoms with Gasteiger partial charge in [0.1, 0.15) is 6.04 Å². The summed E-state index contributed by atoms with van der Waals surface area (Å²) >= 11 is 6.28. The molecule has 0 spiro atoms. The van der Waals surface area contributed by atoms with Gasteiger partial charge in [0.25, 0.3) is 5.91 Å². The highest BCUT2D eigenvalue weighted by molar-refractivity contribution is 6.31. The predicted octanol–water partition coefficient (Wildman–Crippen LogP) is 4.58. The first-order valence-corrected chi connectivity index (χ1v) is 10.5. The van der Waals surface area contributed by atoms with Crippen molar-refractivity contribution in [2.45, 2.75) is 52.2 Å². The van der Waals surface area contributed by atoms with Gasteiger partial charge in [0.15, 0.2) is 18.2 Å². The first-order chi connectivity index (χ1) is 14.4. The number of ether oxygens (including phenoxy) is 1. The second kappa shape index (κ2) is 11.6. The molecular formula is C23H28ClFN2O3. The molecule has 7 heteroatoms. The Balaban J connectivity index is 2.24. The van der Waals surface area contributed by atoms with Crippen LogP contribution in [-0.2, 0) is 16.1 Å². The van der Waals surface area contributed by atoms with Crippen molar-refractivity contribution in [3.63, 3.8) is 0 Å². The van der Waals surface area contributed by atoms with Gasteiger partial charge in [-0.25, -0.2) is 4.39 Å². The average molecular weight is 435 g/mol. The highest BCUT2D eigenvalue weighted by Crippen LogP contribution is 2.21. The molecule has 0 saturated heterocycles. The zero-order valence-corrected chi connectivity index (χ0v) is 18.3. The molecule has 0 radical (unpaired) electrons. The summed E-state index contributed by atoms with van der Waals surface area (Å²) in [7, 11) is 0. The van der Waals surface area contributed by atoms with E-state index in [1.807, 2.05) is 26.8 Å². The normalized spacial score (nSPS) is 12.7. The maximum atomic E-state index is 13.8. The molecule has 0 aliphatic carbocycles. The number of hydrogen-bond acceptors (Lipinski definition) is 3. The molecule has 2 rings (SSSR count). The Labute approximate surface area is 182 Å². The molecule has 2 amide bonds. The van der Waals surface area contributed by atoms with Gasteiger partial charge in [-0.15, -0.1) is 0 Å². The Hall–Kier alpha value is -2.60. The standard InChI is InChI=1S/C23H28ClFN2O3/c1-4-16(3)26-23(29)20(5-2)27(14-17-10-6-7-11-18(17)24)22(28)15-30-21-13-9-8-12-19(21)25/h6-13,16,20H,4-5,14-15H2,1-3H3,(H,26,29)/t16-,20-/m0/s1. The van der Waals surface area contributed by atoms with E-state index in [4.69, 9.17) is 16.3 Å². The molecule has 2 aromatic rings. The van der Waals surface area contributed by atoms with E-state index < -0.39 is 24.4 Å². The molecule has 0 unspecified atom stereocenters. The lowest BCUT2D eigenvalue weighted by atomic mass is 10.1. The number of nitrogens with one attached hydrogen (secondary N) is 1. The molecule has 0 aliphatic rings. The molecule has 2 atom stereocenters. The van der Waals surface area contributed by atoms with Crippen molar-refractivity contribution in [1.82, 2.24) is 10.2 Å². The first kappa shape index (κ1) is 23.7. The van der Waals surface area contributed by atoms with Gasteiger partial charge in [0.2, 0.25) is 5.91 Å². The number of amides is 2. The van der Waals surface area contributed by atoms with Crippen molar-refractivity contribution in [2.75, 3.05) is 6.61 Å². The van der Waals surface area contributed by atoms with E-state index in [2.05, 4.69) is 5.32 Å². The van der Waals surface area contributed by atoms with E-state index in [9.17, 15) is 14.0 Å². The van der Waals surface area contributed by atoms with Gasteiger partial charge in [0.05, 0.1) is 0 Å². The van der Waals surface area contributed by atoms with E-state index in [-0.39, 0.29) is 24.2 Å². The topological polar surface area (TPSA) is 58.6 Å². The summed E-state index contributed by atoms with van der Waals surface area (Å²) in [4.78, 5) is 27.4. The third-order valence-corrected chi connectivity index (χ3v) is 5.24. The fourth-order valence-electron chi connectivity index (χ4n) is 2.95. The minimum absolute atomic E-state index is 0.0133. The minimum atomic E-state index is -0.702. The second-order valence-corrected chi connectivity index (χ2v) is 7.48. The number of halogens is 2. The van der Waals surface area contributed by atoms with Crippen LogP contribution in [0.5, 0.6) is 5.75 Å². The Morgan fingerprint density at radius 2 is 1.77 bits per heavy atom. The Morgan fingerprint density at radius 3 is 2.40 bits per heavy atom. The van der Waals surface area contributed by atoms with Crippen LogP contribution in [0.1, 0.15) is 39.2 Å². The highest BCUT2D eigenvalue weighted by Gasteiger charge is 2.30. The molecule has 0 saturated carbocycles. The van der Waals surface area contributed by atoms with Gasteiger partial charge < -0.3 is 15.0 Å². The van der Waals surface area contributed by atoms with Crippen LogP contribution in [0.15, 0.2) is 48.5 Å². The molecule has 0 bridgehead atoms. The minimum Gasteiger partial charge on any atom is -0.481 e. The monoisotopic (exact) mass is 434 g/mol. The summed E-state index contributed by atoms with van der Waals surface area (Å²) in [6, 6.07) is 12.3. The van der Waals surface area contributed by atoms with Gasteiger partial charge >= 0.3 is 0 Å². The molecule has 0 fully saturated rings. The SMILES string of the molecule is CC[C@H](C)NC(=O)[C@H](CC)N(Cc1ccccc1Cl)C(=O)COc1ccccc1F. The van der Waals surface area contributed by atoms with Gasteiger partial charge in [0, 0.05) is 17.6 Å². The lowest BCUT2D eigenvalue weighted by Gasteiger charge is -2.31. The van der Waals surface area contributed by atoms with Crippen molar-refractivity contribution in [3.05, 3.63) is 64.9 Å². The first-order valence-electron chi connectivity index (χ1n) is 10.1. The largest absolute Gasteiger partial charge is 0.481 e. The number of carbonyl (C=O) groups excluding carboxylic acids is 2. The van der Waals surface area contributed by atoms with Crippen LogP contribution in [0, 0.1) is 5.82 Å². The van der Waals surface area contributed by atoms with Gasteiger partial charge in [-0.1, -0.05) is 55.8 Å². The molecule has 0 aromatic heterocycles. The Morgan fingerprint density at radius 1 is 1.10 bits per heavy atom. The van der Waals surface area contributed by atoms with Crippen molar-refractivity contribution >= 4 is 23.4 Å². The lowest BCUT2D eigenvalue weighted by Crippen LogP contribution is -2.51. The Bertz CT molecular complexity index is 862. The van der Waals surface area contributed by atoms with Gasteiger partial charge in [-0.05, 0) is 43.5 Å². The molecule has 1 N–H and O–H groups in total. The number of rotatable bonds is 10. The van der Waals surface area contributed by atoms with Gasteiger partial charge in [-0.2, -0.15) is 0 Å². The lowest BCUT2D eigenvalue weighted by molar-refractivity contribution is -0.143. The van der Waals surface area contributed by atoms with Crippen LogP contribution in [0.2, 0.25) is 5.02 Å². The maximum Gasteiger partial charge on any atom is 0.261 e. The van der Waals surface area contributed by atoms with Gasteiger partial charge in [-0.3, -0.25) is 9.59 Å². The van der Waals surface area contributed by atoms with Crippen molar-refractivity contribution in [1.29, 1.82) is 0 Å². The van der Waals surface area contributed by atoms with Crippen LogP contribution in [0.3, 0.4) is 0 Å². The fourth-order valence-corrected chi connectivity index (χ4v) is 3.15. The quantitative estimate of drug-likeness (QED) is 0.595. The smallest absolute Gasteiger partial charge is 0.261 e. The fraction of sp³-hybridized carbons (Fsp3) is 0.391. The van der Waals surface area contributed by atoms with E-state index in [1.165, 1.54) is 17.0 Å². The zero-order chi connectivity index (χ0) is 22.1. The number of nitrogens with zero attached hydrogens (tertiary/aromatic N) is 1. The molecule has 0 aliphatic heterocycles. The maximum absolute atomic E-state index is 13.8. The summed E-state index contributed by atoms with van der Waals surface area (Å²) in [5.41, 5.74) is 0.716. The van der Waals surface area contributed by atoms with Crippen molar-refractivity contribution in [3.8, 4) is 5.75 Å². The summed E-state index contributed by atoms with van der Waals surface area (Å²) < 4.78 is 19.2. The summed E-state index contributed by atoms with van der Waals surface area (Å²) in [6.07, 6.45) is 1.19. The van der Waals surface area contributed by atoms with Crippen LogP contribution < -0.4 is 10.1 Å². The Kier molecular flexibility index (Phi) is 9.12. The number of benzene rings is 2. The van der Waals surface area contributed by atoms with Crippen LogP contribution in [0.4, 0.5) is 4.39 Å². The van der Waals surface area contributed by atoms with Crippen LogP contribution in [-0.4, -0.2) is 35.4 Å². The molecule has 5 nitrogen and oxygen atoms in total. The number of para-hydroxylation sites is 1. The summed E-state index contributed by atoms with van der Waals surface area (Å²) in [5, 5.41) is 3.43. The van der Waals surface area contributed by atoms with E-state index in [0.29, 0.717) is 17.0 Å². The average Bonchev–Trinajstić information content (AvgIpc) is 2.74. The number of carbonyl (C=O) groups is 2. The third kappa shape index (κ3) is 6.46. The summed E-state index contributed by atoms with van der Waals surface area (Å²) in [6.45, 7) is 5.47. The van der Waals surface area contributed by atoms with Crippen molar-refractivity contribution in [2.24, 2.45) is 0 Å². The third-order valence-electron chi connectivity index (χ3n) is 4.87. The van der Waals surface area contributed by atoms with E-state index >= 15 is 0 Å². The molecule has 0 heterocycles.